The van der Waals surface area contributed by atoms with Crippen LogP contribution in [0.4, 0.5) is 0 Å². The third-order valence-electron chi connectivity index (χ3n) is 4.50. The van der Waals surface area contributed by atoms with Crippen LogP contribution in [0.2, 0.25) is 0 Å². The quantitative estimate of drug-likeness (QED) is 0.633. The number of aromatic nitrogens is 3. The molecule has 0 radical (unpaired) electrons. The zero-order chi connectivity index (χ0) is 18.6. The van der Waals surface area contributed by atoms with Crippen molar-refractivity contribution in [2.45, 2.75) is 31.4 Å². The van der Waals surface area contributed by atoms with Gasteiger partial charge in [0.1, 0.15) is 13.1 Å². The van der Waals surface area contributed by atoms with E-state index in [4.69, 9.17) is 4.74 Å². The average Bonchev–Trinajstić information content (AvgIpc) is 3.37. The maximum absolute atomic E-state index is 12.4. The van der Waals surface area contributed by atoms with Gasteiger partial charge in [-0.05, 0) is 24.8 Å². The molecule has 1 saturated carbocycles. The third-order valence-corrected chi connectivity index (χ3v) is 6.40. The molecule has 0 bridgehead atoms. The predicted octanol–water partition coefficient (Wildman–Crippen LogP) is 0.442. The van der Waals surface area contributed by atoms with Gasteiger partial charge in [-0.1, -0.05) is 30.3 Å². The molecular formula is C17H21N3O5S. The molecule has 0 aliphatic heterocycles. The van der Waals surface area contributed by atoms with Crippen molar-refractivity contribution in [3.05, 3.63) is 63.2 Å². The van der Waals surface area contributed by atoms with Crippen LogP contribution in [0.1, 0.15) is 24.8 Å². The average molecular weight is 379 g/mol. The Kier molecular flexibility index (Phi) is 5.38. The van der Waals surface area contributed by atoms with E-state index in [1.54, 1.807) is 0 Å². The fourth-order valence-electron chi connectivity index (χ4n) is 2.96. The van der Waals surface area contributed by atoms with E-state index in [2.05, 4.69) is 4.98 Å². The molecule has 0 unspecified atom stereocenters. The Hall–Kier alpha value is -2.26. The number of benzene rings is 1. The first-order valence-corrected chi connectivity index (χ1v) is 10.2. The molecule has 0 spiro atoms. The summed E-state index contributed by atoms with van der Waals surface area (Å²) in [5.74, 6) is 0.202. The predicted molar refractivity (Wildman–Crippen MR) is 95.7 cm³/mol. The molecule has 1 fully saturated rings. The lowest BCUT2D eigenvalue weighted by Gasteiger charge is -2.16. The first-order valence-electron chi connectivity index (χ1n) is 8.40. The third kappa shape index (κ3) is 4.67. The van der Waals surface area contributed by atoms with Crippen molar-refractivity contribution in [3.63, 3.8) is 0 Å². The number of nitrogens with zero attached hydrogens (tertiary/aromatic N) is 2. The van der Waals surface area contributed by atoms with Gasteiger partial charge in [-0.2, -0.15) is 4.98 Å². The fraction of sp³-hybridized carbons (Fsp3) is 0.471. The zero-order valence-corrected chi connectivity index (χ0v) is 15.1. The largest absolute Gasteiger partial charge is 0.361 e. The van der Waals surface area contributed by atoms with E-state index < -0.39 is 21.2 Å². The van der Waals surface area contributed by atoms with Gasteiger partial charge < -0.3 is 4.74 Å². The Morgan fingerprint density at radius 3 is 2.58 bits per heavy atom. The second-order valence-electron chi connectivity index (χ2n) is 6.58. The van der Waals surface area contributed by atoms with E-state index in [-0.39, 0.29) is 30.3 Å². The second kappa shape index (κ2) is 7.55. The smallest absolute Gasteiger partial charge is 0.350 e. The number of nitrogens with one attached hydrogen (secondary N) is 1. The summed E-state index contributed by atoms with van der Waals surface area (Å²) in [6.45, 7) is 0.111. The topological polar surface area (TPSA) is 111 Å². The van der Waals surface area contributed by atoms with E-state index in [9.17, 15) is 18.0 Å². The highest BCUT2D eigenvalue weighted by Gasteiger charge is 2.47. The van der Waals surface area contributed by atoms with Crippen molar-refractivity contribution < 1.29 is 13.2 Å². The summed E-state index contributed by atoms with van der Waals surface area (Å²) < 4.78 is 31.3. The van der Waals surface area contributed by atoms with Gasteiger partial charge in [0, 0.05) is 12.0 Å². The maximum atomic E-state index is 12.4. The Bertz CT molecular complexity index is 962. The Morgan fingerprint density at radius 1 is 1.19 bits per heavy atom. The normalized spacial score (nSPS) is 15.7. The van der Waals surface area contributed by atoms with Crippen LogP contribution in [0.5, 0.6) is 0 Å². The fourth-order valence-corrected chi connectivity index (χ4v) is 4.96. The van der Waals surface area contributed by atoms with Crippen LogP contribution in [-0.4, -0.2) is 41.1 Å². The van der Waals surface area contributed by atoms with Crippen LogP contribution >= 0.6 is 0 Å². The van der Waals surface area contributed by atoms with Crippen LogP contribution in [0, 0.1) is 0 Å². The van der Waals surface area contributed by atoms with E-state index in [0.29, 0.717) is 6.42 Å². The lowest BCUT2D eigenvalue weighted by atomic mass is 9.99. The molecule has 3 rings (SSSR count). The molecule has 1 aliphatic rings. The minimum absolute atomic E-state index is 0.0420. The summed E-state index contributed by atoms with van der Waals surface area (Å²) in [5.41, 5.74) is -0.471. The summed E-state index contributed by atoms with van der Waals surface area (Å²) in [7, 11) is -3.19. The lowest BCUT2D eigenvalue weighted by molar-refractivity contribution is 0.0736. The van der Waals surface area contributed by atoms with Crippen molar-refractivity contribution in [2.24, 2.45) is 0 Å². The van der Waals surface area contributed by atoms with E-state index >= 15 is 0 Å². The molecule has 1 aromatic heterocycles. The highest BCUT2D eigenvalue weighted by atomic mass is 32.2. The lowest BCUT2D eigenvalue weighted by Crippen LogP contribution is -2.31. The summed E-state index contributed by atoms with van der Waals surface area (Å²) in [6, 6.07) is 9.77. The number of hydrogen-bond acceptors (Lipinski definition) is 6. The summed E-state index contributed by atoms with van der Waals surface area (Å²) in [4.78, 5) is 27.8. The first-order chi connectivity index (χ1) is 12.4. The highest BCUT2D eigenvalue weighted by Crippen LogP contribution is 2.49. The molecule has 8 nitrogen and oxygen atoms in total. The molecule has 140 valence electrons. The van der Waals surface area contributed by atoms with Gasteiger partial charge in [0.25, 0.3) is 0 Å². The highest BCUT2D eigenvalue weighted by molar-refractivity contribution is 7.91. The summed E-state index contributed by atoms with van der Waals surface area (Å²) in [6.07, 6.45) is 3.23. The van der Waals surface area contributed by atoms with Crippen molar-refractivity contribution in [1.29, 1.82) is 0 Å². The first kappa shape index (κ1) is 18.5. The standard InChI is InChI=1S/C17H21N3O5S/c21-15-18-12-20(16(22)19-15)13-25-9-4-10-26(23,24)11-17(7-8-17)14-5-2-1-3-6-14/h1-3,5-6,12H,4,7-11,13H2,(H,19,21,22). The van der Waals surface area contributed by atoms with E-state index in [0.717, 1.165) is 29.3 Å². The number of rotatable bonds is 9. The second-order valence-corrected chi connectivity index (χ2v) is 8.76. The molecule has 0 atom stereocenters. The SMILES string of the molecule is O=c1ncn(COCCCS(=O)(=O)CC2(c3ccccc3)CC2)c(=O)[nH]1. The number of H-pyrrole nitrogens is 1. The van der Waals surface area contributed by atoms with Crippen LogP contribution in [0.15, 0.2) is 46.2 Å². The van der Waals surface area contributed by atoms with Crippen LogP contribution < -0.4 is 11.4 Å². The molecular weight excluding hydrogens is 358 g/mol. The number of sulfone groups is 1. The van der Waals surface area contributed by atoms with Crippen LogP contribution in [0.25, 0.3) is 0 Å². The van der Waals surface area contributed by atoms with Gasteiger partial charge >= 0.3 is 11.4 Å². The molecule has 1 aromatic carbocycles. The van der Waals surface area contributed by atoms with Crippen molar-refractivity contribution >= 4 is 9.84 Å². The van der Waals surface area contributed by atoms with E-state index in [1.807, 2.05) is 35.3 Å². The van der Waals surface area contributed by atoms with Gasteiger partial charge in [-0.3, -0.25) is 9.55 Å². The van der Waals surface area contributed by atoms with Gasteiger partial charge in [0.2, 0.25) is 0 Å². The minimum atomic E-state index is -3.19. The van der Waals surface area contributed by atoms with Gasteiger partial charge in [-0.15, -0.1) is 0 Å². The minimum Gasteiger partial charge on any atom is -0.361 e. The molecule has 0 amide bonds. The number of hydrogen-bond donors (Lipinski definition) is 1. The van der Waals surface area contributed by atoms with Crippen LogP contribution in [0.3, 0.4) is 0 Å². The number of aromatic amines is 1. The van der Waals surface area contributed by atoms with Crippen molar-refractivity contribution in [3.8, 4) is 0 Å². The van der Waals surface area contributed by atoms with Crippen molar-refractivity contribution in [2.75, 3.05) is 18.1 Å². The molecule has 1 heterocycles. The summed E-state index contributed by atoms with van der Waals surface area (Å²) >= 11 is 0. The monoisotopic (exact) mass is 379 g/mol. The zero-order valence-electron chi connectivity index (χ0n) is 14.3. The maximum Gasteiger partial charge on any atom is 0.350 e. The molecule has 0 saturated heterocycles. The molecule has 1 aliphatic carbocycles. The Balaban J connectivity index is 1.46. The summed E-state index contributed by atoms with van der Waals surface area (Å²) in [5, 5.41) is 0. The van der Waals surface area contributed by atoms with E-state index in [1.165, 1.54) is 0 Å². The van der Waals surface area contributed by atoms with Crippen LogP contribution in [-0.2, 0) is 26.7 Å². The van der Waals surface area contributed by atoms with Gasteiger partial charge in [0.15, 0.2) is 9.84 Å². The van der Waals surface area contributed by atoms with Gasteiger partial charge in [0.05, 0.1) is 11.5 Å². The molecule has 1 N–H and O–H groups in total. The molecule has 26 heavy (non-hydrogen) atoms. The molecule has 9 heteroatoms. The van der Waals surface area contributed by atoms with Crippen molar-refractivity contribution in [1.82, 2.24) is 14.5 Å². The molecule has 2 aromatic rings. The number of ether oxygens (including phenoxy) is 1. The Morgan fingerprint density at radius 2 is 1.92 bits per heavy atom. The van der Waals surface area contributed by atoms with Gasteiger partial charge in [-0.25, -0.2) is 18.0 Å². The Labute approximate surface area is 150 Å².